The van der Waals surface area contributed by atoms with E-state index < -0.39 is 11.5 Å². The van der Waals surface area contributed by atoms with Crippen LogP contribution in [0.5, 0.6) is 0 Å². The third kappa shape index (κ3) is 4.53. The van der Waals surface area contributed by atoms with Gasteiger partial charge in [-0.3, -0.25) is 9.59 Å². The van der Waals surface area contributed by atoms with E-state index in [9.17, 15) is 14.7 Å². The van der Waals surface area contributed by atoms with Gasteiger partial charge in [0.2, 0.25) is 0 Å². The standard InChI is InChI=1S/C28H28BrNO3/c1-18-5-7-19(8-6-18)17-30-24-14-13-22(29)15-23(24)28(33,26(30)32)16-25(31)20-9-11-21(12-10-20)27(2,3)4/h5-15,33H,16-17H2,1-4H3. The minimum Gasteiger partial charge on any atom is -0.375 e. The molecule has 0 saturated heterocycles. The van der Waals surface area contributed by atoms with Crippen LogP contribution in [-0.2, 0) is 22.4 Å². The number of amides is 1. The van der Waals surface area contributed by atoms with Crippen molar-refractivity contribution in [2.24, 2.45) is 0 Å². The summed E-state index contributed by atoms with van der Waals surface area (Å²) in [5.74, 6) is -0.745. The van der Waals surface area contributed by atoms with Crippen molar-refractivity contribution in [3.63, 3.8) is 0 Å². The van der Waals surface area contributed by atoms with E-state index in [4.69, 9.17) is 0 Å². The van der Waals surface area contributed by atoms with Crippen LogP contribution in [0.3, 0.4) is 0 Å². The average Bonchev–Trinajstić information content (AvgIpc) is 2.96. The average molecular weight is 506 g/mol. The predicted molar refractivity (Wildman–Crippen MR) is 134 cm³/mol. The second kappa shape index (κ2) is 8.54. The minimum absolute atomic E-state index is 0.0249. The number of aliphatic hydroxyl groups is 1. The number of rotatable bonds is 5. The Bertz CT molecular complexity index is 1210. The van der Waals surface area contributed by atoms with Crippen molar-refractivity contribution in [3.05, 3.63) is 99.0 Å². The Morgan fingerprint density at radius 3 is 2.24 bits per heavy atom. The van der Waals surface area contributed by atoms with Gasteiger partial charge in [-0.15, -0.1) is 0 Å². The van der Waals surface area contributed by atoms with Gasteiger partial charge in [0.1, 0.15) is 0 Å². The number of ketones is 1. The van der Waals surface area contributed by atoms with Crippen LogP contribution >= 0.6 is 15.9 Å². The molecule has 1 atom stereocenters. The van der Waals surface area contributed by atoms with Gasteiger partial charge in [-0.25, -0.2) is 0 Å². The number of halogens is 1. The Hall–Kier alpha value is -2.76. The van der Waals surface area contributed by atoms with Crippen molar-refractivity contribution >= 4 is 33.3 Å². The van der Waals surface area contributed by atoms with Crippen molar-refractivity contribution in [3.8, 4) is 0 Å². The predicted octanol–water partition coefficient (Wildman–Crippen LogP) is 6.06. The molecule has 3 aromatic rings. The number of carbonyl (C=O) groups excluding carboxylic acids is 2. The van der Waals surface area contributed by atoms with Gasteiger partial charge in [-0.1, -0.05) is 90.8 Å². The van der Waals surface area contributed by atoms with Crippen LogP contribution in [0.25, 0.3) is 0 Å². The zero-order valence-electron chi connectivity index (χ0n) is 19.4. The Morgan fingerprint density at radius 1 is 1.00 bits per heavy atom. The molecule has 4 rings (SSSR count). The number of hydrogen-bond donors (Lipinski definition) is 1. The SMILES string of the molecule is Cc1ccc(CN2C(=O)C(O)(CC(=O)c3ccc(C(C)(C)C)cc3)c3cc(Br)ccc32)cc1. The molecule has 1 heterocycles. The van der Waals surface area contributed by atoms with Crippen LogP contribution in [0.4, 0.5) is 5.69 Å². The molecule has 0 aliphatic carbocycles. The number of aryl methyl sites for hydroxylation is 1. The number of hydrogen-bond acceptors (Lipinski definition) is 3. The Kier molecular flexibility index (Phi) is 6.06. The number of Topliss-reactive ketones (excluding diaryl/α,β-unsaturated/α-hetero) is 1. The van der Waals surface area contributed by atoms with Crippen LogP contribution in [0.1, 0.15) is 59.8 Å². The fourth-order valence-corrected chi connectivity index (χ4v) is 4.58. The summed E-state index contributed by atoms with van der Waals surface area (Å²) in [7, 11) is 0. The molecule has 3 aromatic carbocycles. The monoisotopic (exact) mass is 505 g/mol. The summed E-state index contributed by atoms with van der Waals surface area (Å²) < 4.78 is 0.742. The fraction of sp³-hybridized carbons (Fsp3) is 0.286. The molecule has 1 aliphatic rings. The first-order valence-electron chi connectivity index (χ1n) is 11.0. The highest BCUT2D eigenvalue weighted by Gasteiger charge is 2.51. The smallest absolute Gasteiger partial charge is 0.264 e. The van der Waals surface area contributed by atoms with E-state index in [1.54, 1.807) is 23.1 Å². The molecule has 0 saturated carbocycles. The first-order chi connectivity index (χ1) is 15.5. The Labute approximate surface area is 203 Å². The molecule has 1 aliphatic heterocycles. The molecule has 0 bridgehead atoms. The second-order valence-corrected chi connectivity index (χ2v) is 10.7. The number of fused-ring (bicyclic) bond motifs is 1. The molecule has 1 amide bonds. The van der Waals surface area contributed by atoms with Crippen LogP contribution in [0, 0.1) is 6.92 Å². The maximum atomic E-state index is 13.5. The van der Waals surface area contributed by atoms with Gasteiger partial charge in [0.25, 0.3) is 5.91 Å². The van der Waals surface area contributed by atoms with Gasteiger partial charge in [-0.05, 0) is 41.7 Å². The molecule has 0 fully saturated rings. The third-order valence-electron chi connectivity index (χ3n) is 6.24. The summed E-state index contributed by atoms with van der Waals surface area (Å²) in [6.07, 6.45) is -0.311. The van der Waals surface area contributed by atoms with Gasteiger partial charge in [0.15, 0.2) is 11.4 Å². The summed E-state index contributed by atoms with van der Waals surface area (Å²) in [6, 6.07) is 20.7. The zero-order valence-corrected chi connectivity index (χ0v) is 20.9. The summed E-state index contributed by atoms with van der Waals surface area (Å²) >= 11 is 3.44. The number of anilines is 1. The maximum absolute atomic E-state index is 13.5. The molecular weight excluding hydrogens is 478 g/mol. The Morgan fingerprint density at radius 2 is 1.64 bits per heavy atom. The molecule has 170 valence electrons. The first-order valence-corrected chi connectivity index (χ1v) is 11.8. The summed E-state index contributed by atoms with van der Waals surface area (Å²) in [4.78, 5) is 28.3. The van der Waals surface area contributed by atoms with E-state index in [1.807, 2.05) is 55.5 Å². The van der Waals surface area contributed by atoms with Crippen LogP contribution in [0.15, 0.2) is 71.2 Å². The summed E-state index contributed by atoms with van der Waals surface area (Å²) in [6.45, 7) is 8.67. The van der Waals surface area contributed by atoms with Crippen LogP contribution in [-0.4, -0.2) is 16.8 Å². The third-order valence-corrected chi connectivity index (χ3v) is 6.74. The lowest BCUT2D eigenvalue weighted by atomic mass is 9.85. The van der Waals surface area contributed by atoms with E-state index in [-0.39, 0.29) is 17.6 Å². The van der Waals surface area contributed by atoms with Gasteiger partial charge in [0, 0.05) is 15.6 Å². The molecule has 33 heavy (non-hydrogen) atoms. The second-order valence-electron chi connectivity index (χ2n) is 9.83. The van der Waals surface area contributed by atoms with Gasteiger partial charge < -0.3 is 10.0 Å². The molecular formula is C28H28BrNO3. The van der Waals surface area contributed by atoms with E-state index >= 15 is 0 Å². The highest BCUT2D eigenvalue weighted by Crippen LogP contribution is 2.44. The van der Waals surface area contributed by atoms with Crippen LogP contribution in [0.2, 0.25) is 0 Å². The molecule has 0 radical (unpaired) electrons. The molecule has 1 N–H and O–H groups in total. The van der Waals surface area contributed by atoms with Crippen LogP contribution < -0.4 is 4.90 Å². The lowest BCUT2D eigenvalue weighted by molar-refractivity contribution is -0.136. The number of carbonyl (C=O) groups is 2. The molecule has 0 aromatic heterocycles. The highest BCUT2D eigenvalue weighted by atomic mass is 79.9. The van der Waals surface area contributed by atoms with Gasteiger partial charge in [0.05, 0.1) is 18.7 Å². The normalized spacial score (nSPS) is 17.9. The quantitative estimate of drug-likeness (QED) is 0.428. The molecule has 1 unspecified atom stereocenters. The van der Waals surface area contributed by atoms with Crippen molar-refractivity contribution in [2.45, 2.75) is 51.7 Å². The number of benzene rings is 3. The number of nitrogens with zero attached hydrogens (tertiary/aromatic N) is 1. The topological polar surface area (TPSA) is 57.6 Å². The fourth-order valence-electron chi connectivity index (χ4n) is 4.22. The zero-order chi connectivity index (χ0) is 24.0. The maximum Gasteiger partial charge on any atom is 0.264 e. The minimum atomic E-state index is -1.91. The molecule has 5 heteroatoms. The largest absolute Gasteiger partial charge is 0.375 e. The Balaban J connectivity index is 1.66. The van der Waals surface area contributed by atoms with Crippen molar-refractivity contribution in [1.82, 2.24) is 0 Å². The summed E-state index contributed by atoms with van der Waals surface area (Å²) in [5, 5.41) is 11.6. The van der Waals surface area contributed by atoms with E-state index in [1.165, 1.54) is 0 Å². The van der Waals surface area contributed by atoms with E-state index in [2.05, 4.69) is 36.7 Å². The highest BCUT2D eigenvalue weighted by molar-refractivity contribution is 9.10. The summed E-state index contributed by atoms with van der Waals surface area (Å²) in [5.41, 5.74) is 2.83. The first kappa shape index (κ1) is 23.4. The van der Waals surface area contributed by atoms with Crippen molar-refractivity contribution in [1.29, 1.82) is 0 Å². The van der Waals surface area contributed by atoms with Crippen molar-refractivity contribution < 1.29 is 14.7 Å². The van der Waals surface area contributed by atoms with Gasteiger partial charge in [-0.2, -0.15) is 0 Å². The van der Waals surface area contributed by atoms with E-state index in [0.29, 0.717) is 23.4 Å². The lowest BCUT2D eigenvalue weighted by Crippen LogP contribution is -2.41. The lowest BCUT2D eigenvalue weighted by Gasteiger charge is -2.23. The van der Waals surface area contributed by atoms with Gasteiger partial charge >= 0.3 is 0 Å². The molecule has 4 nitrogen and oxygen atoms in total. The van der Waals surface area contributed by atoms with E-state index in [0.717, 1.165) is 21.2 Å². The van der Waals surface area contributed by atoms with Crippen molar-refractivity contribution in [2.75, 3.05) is 4.90 Å². The molecule has 0 spiro atoms.